The molecule has 0 spiro atoms. The van der Waals surface area contributed by atoms with Crippen molar-refractivity contribution in [3.05, 3.63) is 0 Å². The minimum absolute atomic E-state index is 0.0118. The van der Waals surface area contributed by atoms with E-state index >= 15 is 0 Å². The third kappa shape index (κ3) is 4.91. The van der Waals surface area contributed by atoms with Crippen LogP contribution < -0.4 is 5.32 Å². The Labute approximate surface area is 106 Å². The number of carbonyl (C=O) groups is 2. The Morgan fingerprint density at radius 1 is 1.39 bits per heavy atom. The number of aliphatic carboxylic acids is 1. The summed E-state index contributed by atoms with van der Waals surface area (Å²) < 4.78 is 22.4. The number of rotatable bonds is 7. The fourth-order valence-corrected chi connectivity index (χ4v) is 2.16. The summed E-state index contributed by atoms with van der Waals surface area (Å²) in [6.45, 7) is 1.20. The molecule has 1 saturated carbocycles. The van der Waals surface area contributed by atoms with Crippen LogP contribution in [-0.4, -0.2) is 61.1 Å². The van der Waals surface area contributed by atoms with Crippen LogP contribution in [0.15, 0.2) is 0 Å². The van der Waals surface area contributed by atoms with E-state index in [-0.39, 0.29) is 30.6 Å². The van der Waals surface area contributed by atoms with Gasteiger partial charge in [0.25, 0.3) is 0 Å². The fourth-order valence-electron chi connectivity index (χ4n) is 1.46. The molecule has 0 atom stereocenters. The molecule has 0 saturated heterocycles. The number of urea groups is 1. The van der Waals surface area contributed by atoms with Crippen LogP contribution >= 0.6 is 0 Å². The summed E-state index contributed by atoms with van der Waals surface area (Å²) in [5, 5.41) is 11.1. The molecule has 0 bridgehead atoms. The first-order valence-electron chi connectivity index (χ1n) is 5.82. The minimum atomic E-state index is -3.12. The van der Waals surface area contributed by atoms with Crippen LogP contribution in [0.4, 0.5) is 4.79 Å². The van der Waals surface area contributed by atoms with Gasteiger partial charge in [-0.15, -0.1) is 0 Å². The first-order valence-corrected chi connectivity index (χ1v) is 7.64. The van der Waals surface area contributed by atoms with E-state index in [1.807, 2.05) is 0 Å². The second-order valence-corrected chi connectivity index (χ2v) is 6.69. The van der Waals surface area contributed by atoms with Crippen LogP contribution in [0.2, 0.25) is 0 Å². The topological polar surface area (TPSA) is 104 Å². The number of nitrogens with one attached hydrogen (secondary N) is 1. The molecule has 0 heterocycles. The zero-order valence-corrected chi connectivity index (χ0v) is 11.1. The molecule has 104 valence electrons. The van der Waals surface area contributed by atoms with Gasteiger partial charge in [0.05, 0.1) is 5.75 Å². The predicted octanol–water partition coefficient (Wildman–Crippen LogP) is -0.320. The second-order valence-electron chi connectivity index (χ2n) is 4.22. The molecule has 1 aliphatic carbocycles. The maximum Gasteiger partial charge on any atom is 0.323 e. The van der Waals surface area contributed by atoms with Crippen LogP contribution in [0.25, 0.3) is 0 Å². The third-order valence-electron chi connectivity index (χ3n) is 2.68. The highest BCUT2D eigenvalue weighted by Gasteiger charge is 2.33. The molecular weight excluding hydrogens is 260 g/mol. The molecule has 0 aliphatic heterocycles. The maximum atomic E-state index is 11.7. The fraction of sp³-hybridized carbons (Fsp3) is 0.800. The molecule has 2 N–H and O–H groups in total. The van der Waals surface area contributed by atoms with Crippen molar-refractivity contribution in [2.75, 3.05) is 24.6 Å². The van der Waals surface area contributed by atoms with Gasteiger partial charge in [-0.05, 0) is 12.8 Å². The van der Waals surface area contributed by atoms with Gasteiger partial charge in [0, 0.05) is 18.3 Å². The van der Waals surface area contributed by atoms with Crippen molar-refractivity contribution in [2.24, 2.45) is 0 Å². The number of carboxylic acid groups (broad SMARTS) is 1. The highest BCUT2D eigenvalue weighted by atomic mass is 32.2. The summed E-state index contributed by atoms with van der Waals surface area (Å²) in [4.78, 5) is 23.5. The van der Waals surface area contributed by atoms with E-state index in [1.165, 1.54) is 11.8 Å². The average Bonchev–Trinajstić information content (AvgIpc) is 3.09. The third-order valence-corrected chi connectivity index (χ3v) is 4.39. The van der Waals surface area contributed by atoms with Crippen LogP contribution in [0.3, 0.4) is 0 Å². The number of sulfone groups is 1. The van der Waals surface area contributed by atoms with Gasteiger partial charge in [0.15, 0.2) is 9.84 Å². The zero-order valence-electron chi connectivity index (χ0n) is 10.3. The molecular formula is C10H18N2O5S. The molecule has 2 amide bonds. The van der Waals surface area contributed by atoms with E-state index in [1.54, 1.807) is 0 Å². The number of carboxylic acids is 1. The second kappa shape index (κ2) is 6.03. The normalized spacial score (nSPS) is 15.2. The zero-order chi connectivity index (χ0) is 13.8. The lowest BCUT2D eigenvalue weighted by Crippen LogP contribution is -2.45. The highest BCUT2D eigenvalue weighted by molar-refractivity contribution is 7.91. The lowest BCUT2D eigenvalue weighted by atomic mass is 10.5. The molecule has 1 aliphatic rings. The molecule has 7 nitrogen and oxygen atoms in total. The van der Waals surface area contributed by atoms with E-state index in [4.69, 9.17) is 5.11 Å². The monoisotopic (exact) mass is 278 g/mol. The Balaban J connectivity index is 2.40. The summed E-state index contributed by atoms with van der Waals surface area (Å²) >= 11 is 0. The van der Waals surface area contributed by atoms with Crippen molar-refractivity contribution in [1.82, 2.24) is 10.2 Å². The molecule has 0 aromatic rings. The summed E-state index contributed by atoms with van der Waals surface area (Å²) in [6, 6.07) is -0.532. The minimum Gasteiger partial charge on any atom is -0.480 e. The molecule has 8 heteroatoms. The summed E-state index contributed by atoms with van der Waals surface area (Å²) in [5.74, 6) is -1.16. The molecule has 1 fully saturated rings. The van der Waals surface area contributed by atoms with Gasteiger partial charge in [0.1, 0.15) is 6.54 Å². The molecule has 0 aromatic carbocycles. The van der Waals surface area contributed by atoms with Crippen LogP contribution in [0.1, 0.15) is 19.8 Å². The van der Waals surface area contributed by atoms with E-state index < -0.39 is 21.8 Å². The van der Waals surface area contributed by atoms with Crippen molar-refractivity contribution in [3.8, 4) is 0 Å². The number of nitrogens with zero attached hydrogens (tertiary/aromatic N) is 1. The first kappa shape index (κ1) is 14.7. The van der Waals surface area contributed by atoms with E-state index in [0.717, 1.165) is 12.8 Å². The number of amides is 2. The summed E-state index contributed by atoms with van der Waals surface area (Å²) in [7, 11) is -3.12. The van der Waals surface area contributed by atoms with E-state index in [0.29, 0.717) is 0 Å². The van der Waals surface area contributed by atoms with Crippen molar-refractivity contribution in [3.63, 3.8) is 0 Å². The van der Waals surface area contributed by atoms with Crippen molar-refractivity contribution >= 4 is 21.8 Å². The number of carbonyl (C=O) groups excluding carboxylic acids is 1. The van der Waals surface area contributed by atoms with Gasteiger partial charge >= 0.3 is 12.0 Å². The van der Waals surface area contributed by atoms with Crippen LogP contribution in [0.5, 0.6) is 0 Å². The van der Waals surface area contributed by atoms with Crippen molar-refractivity contribution in [1.29, 1.82) is 0 Å². The van der Waals surface area contributed by atoms with E-state index in [2.05, 4.69) is 5.32 Å². The molecule has 0 aromatic heterocycles. The molecule has 1 rings (SSSR count). The van der Waals surface area contributed by atoms with Crippen LogP contribution in [-0.2, 0) is 14.6 Å². The Hall–Kier alpha value is -1.31. The number of hydrogen-bond acceptors (Lipinski definition) is 4. The Kier molecular flexibility index (Phi) is 4.94. The Bertz CT molecular complexity index is 416. The standard InChI is InChI=1S/C10H18N2O5S/c1-2-18(16,17)6-5-11-10(15)12(7-9(13)14)8-3-4-8/h8H,2-7H2,1H3,(H,11,15)(H,13,14). The van der Waals surface area contributed by atoms with Crippen LogP contribution in [0, 0.1) is 0 Å². The van der Waals surface area contributed by atoms with Gasteiger partial charge in [-0.3, -0.25) is 4.79 Å². The van der Waals surface area contributed by atoms with Gasteiger partial charge in [-0.1, -0.05) is 6.92 Å². The lowest BCUT2D eigenvalue weighted by molar-refractivity contribution is -0.137. The maximum absolute atomic E-state index is 11.7. The Morgan fingerprint density at radius 2 is 2.00 bits per heavy atom. The largest absolute Gasteiger partial charge is 0.480 e. The van der Waals surface area contributed by atoms with E-state index in [9.17, 15) is 18.0 Å². The summed E-state index contributed by atoms with van der Waals surface area (Å²) in [6.07, 6.45) is 1.60. The van der Waals surface area contributed by atoms with Gasteiger partial charge in [0.2, 0.25) is 0 Å². The molecule has 0 radical (unpaired) electrons. The van der Waals surface area contributed by atoms with Gasteiger partial charge < -0.3 is 15.3 Å². The molecule has 18 heavy (non-hydrogen) atoms. The highest BCUT2D eigenvalue weighted by Crippen LogP contribution is 2.26. The van der Waals surface area contributed by atoms with Gasteiger partial charge in [-0.25, -0.2) is 13.2 Å². The van der Waals surface area contributed by atoms with Crippen molar-refractivity contribution < 1.29 is 23.1 Å². The first-order chi connectivity index (χ1) is 8.35. The summed E-state index contributed by atoms with van der Waals surface area (Å²) in [5.41, 5.74) is 0. The lowest BCUT2D eigenvalue weighted by Gasteiger charge is -2.20. The Morgan fingerprint density at radius 3 is 2.44 bits per heavy atom. The quantitative estimate of drug-likeness (QED) is 0.664. The molecule has 0 unspecified atom stereocenters. The SMILES string of the molecule is CCS(=O)(=O)CCNC(=O)N(CC(=O)O)C1CC1. The predicted molar refractivity (Wildman–Crippen MR) is 65.1 cm³/mol. The smallest absolute Gasteiger partial charge is 0.323 e. The average molecular weight is 278 g/mol. The van der Waals surface area contributed by atoms with Gasteiger partial charge in [-0.2, -0.15) is 0 Å². The van der Waals surface area contributed by atoms with Crippen molar-refractivity contribution in [2.45, 2.75) is 25.8 Å². The number of hydrogen-bond donors (Lipinski definition) is 2.